The summed E-state index contributed by atoms with van der Waals surface area (Å²) < 4.78 is 6.83. The Kier molecular flexibility index (Phi) is 5.62. The second-order valence-electron chi connectivity index (χ2n) is 6.23. The Morgan fingerprint density at radius 2 is 1.72 bits per heavy atom. The summed E-state index contributed by atoms with van der Waals surface area (Å²) >= 11 is 1.25. The van der Waals surface area contributed by atoms with Gasteiger partial charge in [0.25, 0.3) is 0 Å². The molecule has 2 heterocycles. The van der Waals surface area contributed by atoms with E-state index in [4.69, 9.17) is 10.3 Å². The highest BCUT2D eigenvalue weighted by Gasteiger charge is 2.20. The molecule has 0 spiro atoms. The molecule has 0 atom stereocenters. The Morgan fingerprint density at radius 3 is 2.41 bits per heavy atom. The van der Waals surface area contributed by atoms with E-state index >= 15 is 0 Å². The van der Waals surface area contributed by atoms with E-state index in [1.807, 2.05) is 66.7 Å². The summed E-state index contributed by atoms with van der Waals surface area (Å²) in [6, 6.07) is 22.7. The number of thioether (sulfide) groups is 1. The van der Waals surface area contributed by atoms with Crippen LogP contribution in [-0.4, -0.2) is 26.5 Å². The first-order valence-electron chi connectivity index (χ1n) is 8.99. The van der Waals surface area contributed by atoms with Crippen LogP contribution in [0.4, 0.5) is 5.69 Å². The first-order valence-corrected chi connectivity index (χ1v) is 9.97. The lowest BCUT2D eigenvalue weighted by molar-refractivity contribution is -0.116. The largest absolute Gasteiger partial charge is 0.467 e. The average Bonchev–Trinajstić information content (AvgIpc) is 3.41. The van der Waals surface area contributed by atoms with E-state index in [9.17, 15) is 4.79 Å². The molecule has 8 heteroatoms. The fraction of sp³-hybridized carbons (Fsp3) is 0.0952. The lowest BCUT2D eigenvalue weighted by Gasteiger charge is -2.21. The van der Waals surface area contributed by atoms with Crippen molar-refractivity contribution in [1.82, 2.24) is 14.9 Å². The Bertz CT molecular complexity index is 1070. The molecule has 0 saturated heterocycles. The molecule has 0 aliphatic heterocycles. The minimum atomic E-state index is -0.0816. The van der Waals surface area contributed by atoms with Gasteiger partial charge in [-0.1, -0.05) is 60.3 Å². The van der Waals surface area contributed by atoms with E-state index in [0.717, 1.165) is 11.3 Å². The molecular formula is C21H19N5O2S. The van der Waals surface area contributed by atoms with E-state index in [-0.39, 0.29) is 11.7 Å². The standard InChI is InChI=1S/C21H19N5O2S/c22-26-20(16-8-3-1-4-9-16)23-24-21(26)29-15-19(27)25(14-18-12-7-13-28-18)17-10-5-2-6-11-17/h1-13H,14-15,22H2. The van der Waals surface area contributed by atoms with Crippen LogP contribution < -0.4 is 10.7 Å². The molecule has 0 bridgehead atoms. The number of benzene rings is 2. The summed E-state index contributed by atoms with van der Waals surface area (Å²) in [5, 5.41) is 8.76. The third-order valence-electron chi connectivity index (χ3n) is 4.28. The van der Waals surface area contributed by atoms with Gasteiger partial charge in [-0.2, -0.15) is 0 Å². The molecule has 2 aromatic carbocycles. The highest BCUT2D eigenvalue weighted by atomic mass is 32.2. The van der Waals surface area contributed by atoms with Crippen molar-refractivity contribution in [2.45, 2.75) is 11.7 Å². The van der Waals surface area contributed by atoms with E-state index in [2.05, 4.69) is 10.2 Å². The van der Waals surface area contributed by atoms with Crippen molar-refractivity contribution in [3.8, 4) is 11.4 Å². The number of amides is 1. The Morgan fingerprint density at radius 1 is 1.00 bits per heavy atom. The van der Waals surface area contributed by atoms with Crippen LogP contribution in [0.2, 0.25) is 0 Å². The Labute approximate surface area is 172 Å². The number of hydrogen-bond acceptors (Lipinski definition) is 6. The van der Waals surface area contributed by atoms with Gasteiger partial charge in [-0.25, -0.2) is 4.68 Å². The van der Waals surface area contributed by atoms with Crippen LogP contribution in [-0.2, 0) is 11.3 Å². The predicted octanol–water partition coefficient (Wildman–Crippen LogP) is 3.58. The topological polar surface area (TPSA) is 90.2 Å². The molecule has 0 fully saturated rings. The molecule has 0 radical (unpaired) electrons. The van der Waals surface area contributed by atoms with Crippen LogP contribution in [0.25, 0.3) is 11.4 Å². The van der Waals surface area contributed by atoms with E-state index in [0.29, 0.717) is 23.3 Å². The predicted molar refractivity (Wildman–Crippen MR) is 113 cm³/mol. The van der Waals surface area contributed by atoms with Crippen molar-refractivity contribution in [3.05, 3.63) is 84.8 Å². The number of anilines is 1. The number of carbonyl (C=O) groups is 1. The fourth-order valence-electron chi connectivity index (χ4n) is 2.85. The third kappa shape index (κ3) is 4.33. The summed E-state index contributed by atoms with van der Waals surface area (Å²) in [5.41, 5.74) is 1.66. The van der Waals surface area contributed by atoms with Gasteiger partial charge in [0.1, 0.15) is 5.76 Å². The van der Waals surface area contributed by atoms with Gasteiger partial charge in [0, 0.05) is 11.3 Å². The van der Waals surface area contributed by atoms with Crippen molar-refractivity contribution in [3.63, 3.8) is 0 Å². The van der Waals surface area contributed by atoms with E-state index < -0.39 is 0 Å². The summed E-state index contributed by atoms with van der Waals surface area (Å²) in [4.78, 5) is 14.7. The molecule has 146 valence electrons. The van der Waals surface area contributed by atoms with Gasteiger partial charge < -0.3 is 15.2 Å². The van der Waals surface area contributed by atoms with Gasteiger partial charge in [-0.15, -0.1) is 10.2 Å². The number of carbonyl (C=O) groups excluding carboxylic acids is 1. The van der Waals surface area contributed by atoms with Crippen LogP contribution in [0.1, 0.15) is 5.76 Å². The number of nitrogen functional groups attached to an aromatic ring is 1. The average molecular weight is 405 g/mol. The van der Waals surface area contributed by atoms with E-state index in [1.165, 1.54) is 16.4 Å². The maximum absolute atomic E-state index is 13.0. The zero-order valence-corrected chi connectivity index (χ0v) is 16.3. The van der Waals surface area contributed by atoms with Crippen molar-refractivity contribution in [2.24, 2.45) is 0 Å². The molecular weight excluding hydrogens is 386 g/mol. The molecule has 0 aliphatic carbocycles. The smallest absolute Gasteiger partial charge is 0.237 e. The molecule has 0 unspecified atom stereocenters. The Hall–Kier alpha value is -3.52. The molecule has 29 heavy (non-hydrogen) atoms. The minimum Gasteiger partial charge on any atom is -0.467 e. The monoisotopic (exact) mass is 405 g/mol. The number of nitrogens with two attached hydrogens (primary N) is 1. The van der Waals surface area contributed by atoms with Crippen LogP contribution in [0, 0.1) is 0 Å². The van der Waals surface area contributed by atoms with Gasteiger partial charge in [0.05, 0.1) is 18.6 Å². The zero-order valence-electron chi connectivity index (χ0n) is 15.5. The fourth-order valence-corrected chi connectivity index (χ4v) is 3.59. The van der Waals surface area contributed by atoms with Gasteiger partial charge in [0.15, 0.2) is 5.82 Å². The van der Waals surface area contributed by atoms with Crippen LogP contribution in [0.3, 0.4) is 0 Å². The molecule has 4 rings (SSSR count). The van der Waals surface area contributed by atoms with Crippen LogP contribution >= 0.6 is 11.8 Å². The Balaban J connectivity index is 1.49. The van der Waals surface area contributed by atoms with Crippen molar-refractivity contribution in [1.29, 1.82) is 0 Å². The third-order valence-corrected chi connectivity index (χ3v) is 5.21. The number of rotatable bonds is 7. The van der Waals surface area contributed by atoms with Gasteiger partial charge >= 0.3 is 0 Å². The zero-order chi connectivity index (χ0) is 20.1. The van der Waals surface area contributed by atoms with Crippen molar-refractivity contribution in [2.75, 3.05) is 16.5 Å². The highest BCUT2D eigenvalue weighted by molar-refractivity contribution is 7.99. The van der Waals surface area contributed by atoms with Gasteiger partial charge in [-0.05, 0) is 24.3 Å². The lowest BCUT2D eigenvalue weighted by atomic mass is 10.2. The number of furan rings is 1. The first kappa shape index (κ1) is 18.8. The second-order valence-corrected chi connectivity index (χ2v) is 7.17. The second kappa shape index (κ2) is 8.66. The normalized spacial score (nSPS) is 10.8. The van der Waals surface area contributed by atoms with Gasteiger partial charge in [-0.3, -0.25) is 4.79 Å². The lowest BCUT2D eigenvalue weighted by Crippen LogP contribution is -2.32. The van der Waals surface area contributed by atoms with Gasteiger partial charge in [0.2, 0.25) is 11.1 Å². The highest BCUT2D eigenvalue weighted by Crippen LogP contribution is 2.23. The molecule has 4 aromatic rings. The molecule has 0 aliphatic rings. The molecule has 7 nitrogen and oxygen atoms in total. The molecule has 2 aromatic heterocycles. The van der Waals surface area contributed by atoms with Crippen LogP contribution in [0.5, 0.6) is 0 Å². The van der Waals surface area contributed by atoms with Crippen LogP contribution in [0.15, 0.2) is 88.6 Å². The molecule has 1 amide bonds. The maximum Gasteiger partial charge on any atom is 0.237 e. The summed E-state index contributed by atoms with van der Waals surface area (Å²) in [7, 11) is 0. The molecule has 2 N–H and O–H groups in total. The summed E-state index contributed by atoms with van der Waals surface area (Å²) in [5.74, 6) is 7.49. The maximum atomic E-state index is 13.0. The quantitative estimate of drug-likeness (QED) is 0.373. The minimum absolute atomic E-state index is 0.0816. The number of para-hydroxylation sites is 1. The van der Waals surface area contributed by atoms with Crippen molar-refractivity contribution >= 4 is 23.4 Å². The SMILES string of the molecule is Nn1c(SCC(=O)N(Cc2ccco2)c2ccccc2)nnc1-c1ccccc1. The number of nitrogens with zero attached hydrogens (tertiary/aromatic N) is 4. The molecule has 0 saturated carbocycles. The van der Waals surface area contributed by atoms with Crippen molar-refractivity contribution < 1.29 is 9.21 Å². The first-order chi connectivity index (χ1) is 14.2. The van der Waals surface area contributed by atoms with E-state index in [1.54, 1.807) is 17.2 Å². The summed E-state index contributed by atoms with van der Waals surface area (Å²) in [6.45, 7) is 0.348. The number of hydrogen-bond donors (Lipinski definition) is 1. The number of aromatic nitrogens is 3. The summed E-state index contributed by atoms with van der Waals surface area (Å²) in [6.07, 6.45) is 1.60.